The molecule has 0 aliphatic carbocycles. The highest BCUT2D eigenvalue weighted by Gasteiger charge is 2.27. The second-order valence-corrected chi connectivity index (χ2v) is 4.27. The fourth-order valence-corrected chi connectivity index (χ4v) is 1.72. The Labute approximate surface area is 124 Å². The summed E-state index contributed by atoms with van der Waals surface area (Å²) >= 11 is 0. The zero-order valence-corrected chi connectivity index (χ0v) is 11.0. The highest BCUT2D eigenvalue weighted by atomic mass is 19.2. The van der Waals surface area contributed by atoms with Gasteiger partial charge in [-0.15, -0.1) is 0 Å². The molecule has 2 aromatic carbocycles. The van der Waals surface area contributed by atoms with E-state index < -0.39 is 64.4 Å². The van der Waals surface area contributed by atoms with Gasteiger partial charge in [-0.25, -0.2) is 22.4 Å². The number of halogens is 6. The molecule has 0 aromatic heterocycles. The van der Waals surface area contributed by atoms with E-state index in [1.165, 1.54) is 0 Å². The van der Waals surface area contributed by atoms with E-state index in [2.05, 4.69) is 4.74 Å². The van der Waals surface area contributed by atoms with Gasteiger partial charge in [-0.3, -0.25) is 0 Å². The molecule has 2 rings (SSSR count). The lowest BCUT2D eigenvalue weighted by Crippen LogP contribution is -2.09. The summed E-state index contributed by atoms with van der Waals surface area (Å²) in [4.78, 5) is 10.7. The lowest BCUT2D eigenvalue weighted by molar-refractivity contribution is 0.0691. The summed E-state index contributed by atoms with van der Waals surface area (Å²) in [6.45, 7) is -0.939. The van der Waals surface area contributed by atoms with E-state index >= 15 is 0 Å². The number of hydrogen-bond acceptors (Lipinski definition) is 2. The van der Waals surface area contributed by atoms with Crippen molar-refractivity contribution in [2.24, 2.45) is 0 Å². The Kier molecular flexibility index (Phi) is 4.48. The van der Waals surface area contributed by atoms with Crippen LogP contribution in [0.5, 0.6) is 5.75 Å². The molecule has 0 saturated carbocycles. The third-order valence-corrected chi connectivity index (χ3v) is 2.85. The van der Waals surface area contributed by atoms with E-state index in [0.717, 1.165) is 18.2 Å². The van der Waals surface area contributed by atoms with Crippen LogP contribution < -0.4 is 4.74 Å². The second-order valence-electron chi connectivity index (χ2n) is 4.27. The van der Waals surface area contributed by atoms with Crippen molar-refractivity contribution >= 4 is 5.97 Å². The quantitative estimate of drug-likeness (QED) is 0.525. The summed E-state index contributed by atoms with van der Waals surface area (Å²) in [5, 5.41) is 8.73. The average molecular weight is 336 g/mol. The minimum absolute atomic E-state index is 0.436. The Bertz CT molecular complexity index is 762. The number of aromatic carboxylic acids is 1. The SMILES string of the molecule is O=C(O)c1cccc(COc2c(F)c(F)c(F)c(F)c2F)c1F. The van der Waals surface area contributed by atoms with Crippen LogP contribution in [0, 0.1) is 34.9 Å². The summed E-state index contributed by atoms with van der Waals surface area (Å²) in [6, 6.07) is 3.09. The van der Waals surface area contributed by atoms with Gasteiger partial charge in [-0.1, -0.05) is 12.1 Å². The molecule has 0 spiro atoms. The highest BCUT2D eigenvalue weighted by molar-refractivity contribution is 5.88. The Morgan fingerprint density at radius 2 is 1.39 bits per heavy atom. The fraction of sp³-hybridized carbons (Fsp3) is 0.0714. The van der Waals surface area contributed by atoms with Crippen LogP contribution in [0.25, 0.3) is 0 Å². The first-order valence-corrected chi connectivity index (χ1v) is 5.90. The van der Waals surface area contributed by atoms with Crippen LogP contribution >= 0.6 is 0 Å². The molecule has 0 radical (unpaired) electrons. The topological polar surface area (TPSA) is 46.5 Å². The van der Waals surface area contributed by atoms with Gasteiger partial charge in [0.15, 0.2) is 5.75 Å². The van der Waals surface area contributed by atoms with Gasteiger partial charge in [0.1, 0.15) is 12.4 Å². The average Bonchev–Trinajstić information content (AvgIpc) is 2.52. The zero-order chi connectivity index (χ0) is 17.3. The van der Waals surface area contributed by atoms with Crippen LogP contribution in [0.15, 0.2) is 18.2 Å². The molecular formula is C14H6F6O3. The highest BCUT2D eigenvalue weighted by Crippen LogP contribution is 2.30. The van der Waals surface area contributed by atoms with Crippen molar-refractivity contribution in [3.05, 3.63) is 64.2 Å². The van der Waals surface area contributed by atoms with Gasteiger partial charge in [0.05, 0.1) is 5.56 Å². The standard InChI is InChI=1S/C14H6F6O3/c15-7-5(2-1-3-6(7)14(21)22)4-23-13-11(19)9(17)8(16)10(18)12(13)20/h1-3H,4H2,(H,21,22). The van der Waals surface area contributed by atoms with Crippen molar-refractivity contribution in [2.45, 2.75) is 6.61 Å². The number of carboxylic acids is 1. The Balaban J connectivity index is 2.36. The van der Waals surface area contributed by atoms with Gasteiger partial charge >= 0.3 is 5.97 Å². The van der Waals surface area contributed by atoms with E-state index in [-0.39, 0.29) is 0 Å². The molecule has 0 fully saturated rings. The van der Waals surface area contributed by atoms with Gasteiger partial charge in [0.25, 0.3) is 0 Å². The van der Waals surface area contributed by atoms with Crippen molar-refractivity contribution in [3.8, 4) is 5.75 Å². The van der Waals surface area contributed by atoms with Gasteiger partial charge in [-0.05, 0) is 6.07 Å². The van der Waals surface area contributed by atoms with E-state index in [0.29, 0.717) is 0 Å². The predicted molar refractivity (Wildman–Crippen MR) is 63.9 cm³/mol. The van der Waals surface area contributed by atoms with Crippen molar-refractivity contribution < 1.29 is 41.0 Å². The molecule has 0 unspecified atom stereocenters. The van der Waals surface area contributed by atoms with E-state index in [1.54, 1.807) is 0 Å². The van der Waals surface area contributed by atoms with Crippen molar-refractivity contribution in [1.29, 1.82) is 0 Å². The van der Waals surface area contributed by atoms with E-state index in [4.69, 9.17) is 5.11 Å². The van der Waals surface area contributed by atoms with Crippen LogP contribution in [0.2, 0.25) is 0 Å². The molecule has 0 bridgehead atoms. The first-order chi connectivity index (χ1) is 10.8. The number of ether oxygens (including phenoxy) is 1. The number of benzene rings is 2. The van der Waals surface area contributed by atoms with E-state index in [1.807, 2.05) is 0 Å². The second kappa shape index (κ2) is 6.19. The minimum Gasteiger partial charge on any atom is -0.483 e. The molecule has 3 nitrogen and oxygen atoms in total. The number of rotatable bonds is 4. The smallest absolute Gasteiger partial charge is 0.338 e. The molecule has 1 N–H and O–H groups in total. The molecule has 122 valence electrons. The number of hydrogen-bond donors (Lipinski definition) is 1. The van der Waals surface area contributed by atoms with Crippen LogP contribution in [-0.4, -0.2) is 11.1 Å². The molecule has 9 heteroatoms. The van der Waals surface area contributed by atoms with Crippen LogP contribution in [0.1, 0.15) is 15.9 Å². The zero-order valence-electron chi connectivity index (χ0n) is 11.0. The van der Waals surface area contributed by atoms with Gasteiger partial charge in [0.2, 0.25) is 29.1 Å². The number of carbonyl (C=O) groups is 1. The van der Waals surface area contributed by atoms with Crippen LogP contribution in [0.4, 0.5) is 26.3 Å². The molecule has 0 aliphatic rings. The van der Waals surface area contributed by atoms with Crippen LogP contribution in [0.3, 0.4) is 0 Å². The van der Waals surface area contributed by atoms with Crippen molar-refractivity contribution in [3.63, 3.8) is 0 Å². The number of carboxylic acid groups (broad SMARTS) is 1. The lowest BCUT2D eigenvalue weighted by Gasteiger charge is -2.11. The lowest BCUT2D eigenvalue weighted by atomic mass is 10.1. The third-order valence-electron chi connectivity index (χ3n) is 2.85. The molecule has 0 heterocycles. The molecule has 0 atom stereocenters. The summed E-state index contributed by atoms with van der Waals surface area (Å²) in [5.74, 6) is -15.6. The fourth-order valence-electron chi connectivity index (χ4n) is 1.72. The summed E-state index contributed by atoms with van der Waals surface area (Å²) in [7, 11) is 0. The first kappa shape index (κ1) is 16.7. The Hall–Kier alpha value is -2.71. The monoisotopic (exact) mass is 336 g/mol. The summed E-state index contributed by atoms with van der Waals surface area (Å²) in [6.07, 6.45) is 0. The maximum Gasteiger partial charge on any atom is 0.338 e. The molecule has 0 amide bonds. The Morgan fingerprint density at radius 3 is 1.91 bits per heavy atom. The van der Waals surface area contributed by atoms with Crippen molar-refractivity contribution in [1.82, 2.24) is 0 Å². The first-order valence-electron chi connectivity index (χ1n) is 5.90. The predicted octanol–water partition coefficient (Wildman–Crippen LogP) is 3.80. The molecule has 0 aliphatic heterocycles. The Morgan fingerprint density at radius 1 is 0.870 bits per heavy atom. The van der Waals surface area contributed by atoms with E-state index in [9.17, 15) is 31.1 Å². The maximum atomic E-state index is 13.8. The maximum absolute atomic E-state index is 13.8. The molecule has 23 heavy (non-hydrogen) atoms. The van der Waals surface area contributed by atoms with Gasteiger partial charge in [0, 0.05) is 5.56 Å². The van der Waals surface area contributed by atoms with Crippen molar-refractivity contribution in [2.75, 3.05) is 0 Å². The molecule has 0 saturated heterocycles. The van der Waals surface area contributed by atoms with Crippen LogP contribution in [-0.2, 0) is 6.61 Å². The minimum atomic E-state index is -2.36. The van der Waals surface area contributed by atoms with Gasteiger partial charge < -0.3 is 9.84 Å². The summed E-state index contributed by atoms with van der Waals surface area (Å²) < 4.78 is 83.8. The third kappa shape index (κ3) is 2.94. The molecule has 2 aromatic rings. The van der Waals surface area contributed by atoms with Gasteiger partial charge in [-0.2, -0.15) is 8.78 Å². The normalized spacial score (nSPS) is 10.7. The largest absolute Gasteiger partial charge is 0.483 e. The molecular weight excluding hydrogens is 330 g/mol. The summed E-state index contributed by atoms with van der Waals surface area (Å²) in [5.41, 5.74) is -1.17.